The van der Waals surface area contributed by atoms with Gasteiger partial charge in [-0.15, -0.1) is 0 Å². The highest BCUT2D eigenvalue weighted by Crippen LogP contribution is 2.25. The molecule has 1 rings (SSSR count). The van der Waals surface area contributed by atoms with Gasteiger partial charge in [-0.2, -0.15) is 0 Å². The largest absolute Gasteiger partial charge is 0.463 e. The van der Waals surface area contributed by atoms with E-state index in [4.69, 9.17) is 9.78 Å². The average molecular weight is 294 g/mol. The molecule has 0 aliphatic carbocycles. The Labute approximate surface area is 125 Å². The maximum Gasteiger partial charge on any atom is 0.374 e. The Morgan fingerprint density at radius 2 is 1.71 bits per heavy atom. The number of hydrogen-bond donors (Lipinski definition) is 0. The first-order valence-corrected chi connectivity index (χ1v) is 6.75. The smallest absolute Gasteiger partial charge is 0.374 e. The van der Waals surface area contributed by atoms with Gasteiger partial charge in [0.25, 0.3) is 0 Å². The van der Waals surface area contributed by atoms with Gasteiger partial charge in [0.15, 0.2) is 0 Å². The first-order chi connectivity index (χ1) is 9.73. The summed E-state index contributed by atoms with van der Waals surface area (Å²) in [7, 11) is 1.17. The first kappa shape index (κ1) is 17.3. The van der Waals surface area contributed by atoms with Crippen LogP contribution in [-0.4, -0.2) is 24.5 Å². The van der Waals surface area contributed by atoms with Crippen LogP contribution in [0.15, 0.2) is 24.3 Å². The van der Waals surface area contributed by atoms with Gasteiger partial charge >= 0.3 is 5.97 Å². The maximum atomic E-state index is 11.7. The highest BCUT2D eigenvalue weighted by molar-refractivity contribution is 6.33. The van der Waals surface area contributed by atoms with Crippen molar-refractivity contribution in [1.82, 2.24) is 0 Å². The molecule has 0 aliphatic rings. The second kappa shape index (κ2) is 7.33. The van der Waals surface area contributed by atoms with Gasteiger partial charge in [-0.05, 0) is 33.3 Å². The van der Waals surface area contributed by atoms with Gasteiger partial charge in [0, 0.05) is 0 Å². The molecule has 0 amide bonds. The normalized spacial score (nSPS) is 12.8. The molecule has 116 valence electrons. The second-order valence-corrected chi connectivity index (χ2v) is 5.81. The fourth-order valence-electron chi connectivity index (χ4n) is 1.56. The molecule has 0 bridgehead atoms. The number of esters is 1. The third-order valence-corrected chi connectivity index (χ3v) is 2.65. The highest BCUT2D eigenvalue weighted by Gasteiger charge is 2.25. The summed E-state index contributed by atoms with van der Waals surface area (Å²) in [5.74, 6) is -1.54. The Balaban J connectivity index is 2.86. The molecule has 5 nitrogen and oxygen atoms in total. The van der Waals surface area contributed by atoms with Crippen molar-refractivity contribution in [3.8, 4) is 0 Å². The quantitative estimate of drug-likeness (QED) is 0.349. The lowest BCUT2D eigenvalue weighted by molar-refractivity contribution is -0.375. The zero-order valence-electron chi connectivity index (χ0n) is 13.1. The van der Waals surface area contributed by atoms with Crippen molar-refractivity contribution in [1.29, 1.82) is 0 Å². The summed E-state index contributed by atoms with van der Waals surface area (Å²) in [6, 6.07) is 7.50. The summed E-state index contributed by atoms with van der Waals surface area (Å²) in [4.78, 5) is 33.7. The van der Waals surface area contributed by atoms with Crippen LogP contribution in [0.2, 0.25) is 0 Å². The van der Waals surface area contributed by atoms with Crippen LogP contribution in [0, 0.1) is 6.92 Å². The SMILES string of the molecule is COC(=O)C(=O)C[C@H](OOC(C)(C)C)c1ccc(C)cc1. The number of carbonyl (C=O) groups excluding carboxylic acids is 2. The minimum atomic E-state index is -0.883. The molecule has 1 aromatic rings. The molecule has 0 radical (unpaired) electrons. The van der Waals surface area contributed by atoms with Crippen molar-refractivity contribution in [3.05, 3.63) is 35.4 Å². The summed E-state index contributed by atoms with van der Waals surface area (Å²) >= 11 is 0. The molecule has 0 saturated carbocycles. The Hall–Kier alpha value is -1.72. The van der Waals surface area contributed by atoms with E-state index in [1.54, 1.807) is 0 Å². The number of rotatable bonds is 6. The number of hydrogen-bond acceptors (Lipinski definition) is 5. The molecule has 0 N–H and O–H groups in total. The van der Waals surface area contributed by atoms with Crippen LogP contribution >= 0.6 is 0 Å². The maximum absolute atomic E-state index is 11.7. The van der Waals surface area contributed by atoms with E-state index in [0.29, 0.717) is 0 Å². The fourth-order valence-corrected chi connectivity index (χ4v) is 1.56. The zero-order chi connectivity index (χ0) is 16.0. The summed E-state index contributed by atoms with van der Waals surface area (Å²) in [5.41, 5.74) is 1.34. The van der Waals surface area contributed by atoms with Gasteiger partial charge in [-0.3, -0.25) is 4.79 Å². The molecule has 0 heterocycles. The van der Waals surface area contributed by atoms with Gasteiger partial charge in [0.1, 0.15) is 6.10 Å². The predicted octanol–water partition coefficient (Wildman–Crippen LogP) is 2.92. The summed E-state index contributed by atoms with van der Waals surface area (Å²) in [6.07, 6.45) is -0.789. The minimum Gasteiger partial charge on any atom is -0.463 e. The van der Waals surface area contributed by atoms with Crippen LogP contribution in [0.5, 0.6) is 0 Å². The van der Waals surface area contributed by atoms with Gasteiger partial charge < -0.3 is 4.74 Å². The fraction of sp³-hybridized carbons (Fsp3) is 0.500. The van der Waals surface area contributed by atoms with Crippen molar-refractivity contribution in [3.63, 3.8) is 0 Å². The zero-order valence-corrected chi connectivity index (χ0v) is 13.1. The number of Topliss-reactive ketones (excluding diaryl/α,β-unsaturated/α-hetero) is 1. The summed E-state index contributed by atoms with van der Waals surface area (Å²) < 4.78 is 4.43. The van der Waals surface area contributed by atoms with Crippen molar-refractivity contribution in [2.75, 3.05) is 7.11 Å². The van der Waals surface area contributed by atoms with Crippen molar-refractivity contribution in [2.24, 2.45) is 0 Å². The standard InChI is InChI=1S/C16H22O5/c1-11-6-8-12(9-7-11)14(20-21-16(2,3)4)10-13(17)15(18)19-5/h6-9,14H,10H2,1-5H3/t14-/m0/s1. The second-order valence-electron chi connectivity index (χ2n) is 5.81. The molecule has 0 aromatic heterocycles. The molecule has 5 heteroatoms. The van der Waals surface area contributed by atoms with E-state index in [0.717, 1.165) is 11.1 Å². The molecule has 0 saturated heterocycles. The van der Waals surface area contributed by atoms with Crippen LogP contribution in [-0.2, 0) is 24.1 Å². The van der Waals surface area contributed by atoms with E-state index in [-0.39, 0.29) is 6.42 Å². The van der Waals surface area contributed by atoms with Crippen LogP contribution in [0.4, 0.5) is 0 Å². The lowest BCUT2D eigenvalue weighted by Gasteiger charge is -2.23. The third-order valence-electron chi connectivity index (χ3n) is 2.65. The molecule has 1 atom stereocenters. The Morgan fingerprint density at radius 3 is 2.19 bits per heavy atom. The van der Waals surface area contributed by atoms with Crippen molar-refractivity contribution < 1.29 is 24.1 Å². The van der Waals surface area contributed by atoms with Crippen LogP contribution in [0.25, 0.3) is 0 Å². The number of ether oxygens (including phenoxy) is 1. The molecule has 0 aliphatic heterocycles. The number of ketones is 1. The van der Waals surface area contributed by atoms with E-state index in [9.17, 15) is 9.59 Å². The average Bonchev–Trinajstić information content (AvgIpc) is 2.42. The predicted molar refractivity (Wildman–Crippen MR) is 77.5 cm³/mol. The minimum absolute atomic E-state index is 0.133. The Morgan fingerprint density at radius 1 is 1.14 bits per heavy atom. The van der Waals surface area contributed by atoms with E-state index < -0.39 is 23.5 Å². The lowest BCUT2D eigenvalue weighted by Crippen LogP contribution is -2.24. The molecule has 21 heavy (non-hydrogen) atoms. The van der Waals surface area contributed by atoms with E-state index in [2.05, 4.69) is 4.74 Å². The topological polar surface area (TPSA) is 61.8 Å². The van der Waals surface area contributed by atoms with E-state index in [1.807, 2.05) is 52.0 Å². The van der Waals surface area contributed by atoms with Gasteiger partial charge in [-0.1, -0.05) is 29.8 Å². The lowest BCUT2D eigenvalue weighted by atomic mass is 10.0. The molecular weight excluding hydrogens is 272 g/mol. The van der Waals surface area contributed by atoms with Gasteiger partial charge in [0.2, 0.25) is 5.78 Å². The van der Waals surface area contributed by atoms with Gasteiger partial charge in [-0.25, -0.2) is 14.6 Å². The number of benzene rings is 1. The van der Waals surface area contributed by atoms with E-state index >= 15 is 0 Å². The summed E-state index contributed by atoms with van der Waals surface area (Å²) in [6.45, 7) is 7.47. The van der Waals surface area contributed by atoms with E-state index in [1.165, 1.54) is 7.11 Å². The van der Waals surface area contributed by atoms with Crippen LogP contribution in [0.1, 0.15) is 44.4 Å². The van der Waals surface area contributed by atoms with Gasteiger partial charge in [0.05, 0.1) is 19.1 Å². The third kappa shape index (κ3) is 6.06. The van der Waals surface area contributed by atoms with Crippen molar-refractivity contribution >= 4 is 11.8 Å². The number of aryl methyl sites for hydroxylation is 1. The molecule has 0 unspecified atom stereocenters. The Bertz CT molecular complexity index is 484. The molecular formula is C16H22O5. The highest BCUT2D eigenvalue weighted by atomic mass is 17.2. The molecule has 0 fully saturated rings. The Kier molecular flexibility index (Phi) is 6.05. The monoisotopic (exact) mass is 294 g/mol. The van der Waals surface area contributed by atoms with Crippen LogP contribution in [0.3, 0.4) is 0 Å². The number of carbonyl (C=O) groups is 2. The number of methoxy groups -OCH3 is 1. The summed E-state index contributed by atoms with van der Waals surface area (Å²) in [5, 5.41) is 0. The molecule has 0 spiro atoms. The first-order valence-electron chi connectivity index (χ1n) is 6.75. The van der Waals surface area contributed by atoms with Crippen LogP contribution < -0.4 is 0 Å². The van der Waals surface area contributed by atoms with Crippen molar-refractivity contribution in [2.45, 2.75) is 45.8 Å². The molecule has 1 aromatic carbocycles.